The van der Waals surface area contributed by atoms with E-state index in [-0.39, 0.29) is 10.8 Å². The molecular formula is C20H31N3O4S. The topological polar surface area (TPSA) is 79.0 Å². The van der Waals surface area contributed by atoms with Crippen molar-refractivity contribution in [2.75, 3.05) is 44.7 Å². The van der Waals surface area contributed by atoms with E-state index >= 15 is 0 Å². The van der Waals surface area contributed by atoms with Gasteiger partial charge in [0, 0.05) is 31.4 Å². The van der Waals surface area contributed by atoms with E-state index in [2.05, 4.69) is 24.1 Å². The molecule has 1 aromatic rings. The Morgan fingerprint density at radius 3 is 2.57 bits per heavy atom. The molecule has 0 unspecified atom stereocenters. The Morgan fingerprint density at radius 2 is 1.96 bits per heavy atom. The van der Waals surface area contributed by atoms with Crippen LogP contribution in [0, 0.1) is 12.8 Å². The number of carbonyl (C=O) groups excluding carboxylic acids is 1. The summed E-state index contributed by atoms with van der Waals surface area (Å²) in [6.07, 6.45) is 2.29. The monoisotopic (exact) mass is 409 g/mol. The van der Waals surface area contributed by atoms with Crippen molar-refractivity contribution in [3.8, 4) is 0 Å². The van der Waals surface area contributed by atoms with Gasteiger partial charge in [-0.3, -0.25) is 9.69 Å². The Hall–Kier alpha value is -1.48. The van der Waals surface area contributed by atoms with Crippen molar-refractivity contribution >= 4 is 21.6 Å². The smallest absolute Gasteiger partial charge is 0.243 e. The molecule has 156 valence electrons. The van der Waals surface area contributed by atoms with Crippen LogP contribution >= 0.6 is 0 Å². The molecule has 7 nitrogen and oxygen atoms in total. The first-order valence-corrected chi connectivity index (χ1v) is 11.4. The SMILES string of the molecule is Cc1ccc(NC(=O)CN(CC(C)C)C2CC2)cc1S(=O)(=O)N1CCOCC1. The molecular weight excluding hydrogens is 378 g/mol. The quantitative estimate of drug-likeness (QED) is 0.711. The van der Waals surface area contributed by atoms with Crippen LogP contribution in [-0.4, -0.2) is 69.0 Å². The number of hydrogen-bond acceptors (Lipinski definition) is 5. The second-order valence-corrected chi connectivity index (χ2v) is 10.0. The molecule has 28 heavy (non-hydrogen) atoms. The van der Waals surface area contributed by atoms with Gasteiger partial charge in [-0.2, -0.15) is 4.31 Å². The number of nitrogens with one attached hydrogen (secondary N) is 1. The van der Waals surface area contributed by atoms with Crippen LogP contribution in [0.1, 0.15) is 32.3 Å². The summed E-state index contributed by atoms with van der Waals surface area (Å²) in [5.41, 5.74) is 1.19. The highest BCUT2D eigenvalue weighted by Gasteiger charge is 2.31. The highest BCUT2D eigenvalue weighted by molar-refractivity contribution is 7.89. The van der Waals surface area contributed by atoms with Crippen LogP contribution < -0.4 is 5.32 Å². The largest absolute Gasteiger partial charge is 0.379 e. The van der Waals surface area contributed by atoms with E-state index in [4.69, 9.17) is 4.74 Å². The molecule has 1 amide bonds. The summed E-state index contributed by atoms with van der Waals surface area (Å²) >= 11 is 0. The molecule has 1 N–H and O–H groups in total. The van der Waals surface area contributed by atoms with Crippen molar-refractivity contribution in [3.63, 3.8) is 0 Å². The normalized spacial score (nSPS) is 18.6. The van der Waals surface area contributed by atoms with Crippen molar-refractivity contribution in [1.29, 1.82) is 0 Å². The molecule has 0 bridgehead atoms. The molecule has 0 spiro atoms. The molecule has 1 saturated carbocycles. The highest BCUT2D eigenvalue weighted by atomic mass is 32.2. The average molecular weight is 410 g/mol. The first kappa shape index (κ1) is 21.2. The predicted molar refractivity (Wildman–Crippen MR) is 109 cm³/mol. The number of nitrogens with zero attached hydrogens (tertiary/aromatic N) is 2. The van der Waals surface area contributed by atoms with Crippen LogP contribution in [0.3, 0.4) is 0 Å². The Morgan fingerprint density at radius 1 is 1.29 bits per heavy atom. The van der Waals surface area contributed by atoms with E-state index in [1.165, 1.54) is 4.31 Å². The van der Waals surface area contributed by atoms with Gasteiger partial charge >= 0.3 is 0 Å². The van der Waals surface area contributed by atoms with E-state index in [0.29, 0.717) is 56.1 Å². The predicted octanol–water partition coefficient (Wildman–Crippen LogP) is 2.07. The van der Waals surface area contributed by atoms with Gasteiger partial charge in [0.2, 0.25) is 15.9 Å². The summed E-state index contributed by atoms with van der Waals surface area (Å²) in [5.74, 6) is 0.393. The zero-order valence-corrected chi connectivity index (χ0v) is 17.8. The summed E-state index contributed by atoms with van der Waals surface area (Å²) in [6.45, 7) is 8.81. The van der Waals surface area contributed by atoms with Gasteiger partial charge in [-0.25, -0.2) is 8.42 Å². The summed E-state index contributed by atoms with van der Waals surface area (Å²) < 4.78 is 32.7. The van der Waals surface area contributed by atoms with Gasteiger partial charge < -0.3 is 10.1 Å². The van der Waals surface area contributed by atoms with Crippen LogP contribution in [0.25, 0.3) is 0 Å². The van der Waals surface area contributed by atoms with Crippen molar-refractivity contribution in [2.24, 2.45) is 5.92 Å². The lowest BCUT2D eigenvalue weighted by Crippen LogP contribution is -2.40. The third kappa shape index (κ3) is 5.31. The van der Waals surface area contributed by atoms with Crippen LogP contribution in [0.5, 0.6) is 0 Å². The van der Waals surface area contributed by atoms with Gasteiger partial charge in [0.1, 0.15) is 0 Å². The molecule has 1 saturated heterocycles. The number of amides is 1. The fourth-order valence-electron chi connectivity index (χ4n) is 3.52. The van der Waals surface area contributed by atoms with E-state index in [9.17, 15) is 13.2 Å². The molecule has 2 aliphatic rings. The standard InChI is InChI=1S/C20H31N3O4S/c1-15(2)13-22(18-6-7-18)14-20(24)21-17-5-4-16(3)19(12-17)28(25,26)23-8-10-27-11-9-23/h4-5,12,15,18H,6-11,13-14H2,1-3H3,(H,21,24). The summed E-state index contributed by atoms with van der Waals surface area (Å²) in [5, 5.41) is 2.88. The van der Waals surface area contributed by atoms with E-state index in [1.807, 2.05) is 0 Å². The van der Waals surface area contributed by atoms with Crippen LogP contribution in [0.2, 0.25) is 0 Å². The minimum atomic E-state index is -3.60. The van der Waals surface area contributed by atoms with E-state index in [0.717, 1.165) is 19.4 Å². The number of carbonyl (C=O) groups is 1. The number of rotatable bonds is 8. The van der Waals surface area contributed by atoms with E-state index < -0.39 is 10.0 Å². The van der Waals surface area contributed by atoms with Gasteiger partial charge in [0.05, 0.1) is 24.7 Å². The number of morpholine rings is 1. The first-order chi connectivity index (χ1) is 13.3. The molecule has 0 atom stereocenters. The van der Waals surface area contributed by atoms with Gasteiger partial charge in [0.25, 0.3) is 0 Å². The molecule has 1 aliphatic carbocycles. The molecule has 1 aliphatic heterocycles. The van der Waals surface area contributed by atoms with Gasteiger partial charge in [-0.1, -0.05) is 19.9 Å². The minimum Gasteiger partial charge on any atom is -0.379 e. The Labute approximate surface area is 168 Å². The maximum atomic E-state index is 13.0. The van der Waals surface area contributed by atoms with Crippen LogP contribution in [0.15, 0.2) is 23.1 Å². The van der Waals surface area contributed by atoms with E-state index in [1.54, 1.807) is 25.1 Å². The summed E-state index contributed by atoms with van der Waals surface area (Å²) in [6, 6.07) is 5.58. The molecule has 1 aromatic carbocycles. The van der Waals surface area contributed by atoms with Crippen molar-refractivity contribution in [1.82, 2.24) is 9.21 Å². The maximum absolute atomic E-state index is 13.0. The van der Waals surface area contributed by atoms with Crippen LogP contribution in [0.4, 0.5) is 5.69 Å². The molecule has 0 radical (unpaired) electrons. The Balaban J connectivity index is 1.71. The lowest BCUT2D eigenvalue weighted by molar-refractivity contribution is -0.117. The zero-order valence-electron chi connectivity index (χ0n) is 17.0. The highest BCUT2D eigenvalue weighted by Crippen LogP contribution is 2.28. The number of sulfonamides is 1. The number of ether oxygens (including phenoxy) is 1. The summed E-state index contributed by atoms with van der Waals surface area (Å²) in [7, 11) is -3.60. The first-order valence-electron chi connectivity index (χ1n) is 10.00. The third-order valence-electron chi connectivity index (χ3n) is 5.07. The second-order valence-electron chi connectivity index (χ2n) is 8.10. The lowest BCUT2D eigenvalue weighted by atomic mass is 10.2. The molecule has 2 fully saturated rings. The lowest BCUT2D eigenvalue weighted by Gasteiger charge is -2.27. The Kier molecular flexibility index (Phi) is 6.75. The Bertz CT molecular complexity index is 800. The van der Waals surface area contributed by atoms with Gasteiger partial charge in [-0.05, 0) is 43.4 Å². The van der Waals surface area contributed by atoms with Crippen molar-refractivity contribution < 1.29 is 17.9 Å². The fraction of sp³-hybridized carbons (Fsp3) is 0.650. The van der Waals surface area contributed by atoms with Crippen molar-refractivity contribution in [2.45, 2.75) is 44.6 Å². The van der Waals surface area contributed by atoms with Gasteiger partial charge in [0.15, 0.2) is 0 Å². The number of anilines is 1. The second kappa shape index (κ2) is 8.90. The molecule has 3 rings (SSSR count). The minimum absolute atomic E-state index is 0.105. The third-order valence-corrected chi connectivity index (χ3v) is 7.11. The van der Waals surface area contributed by atoms with Crippen LogP contribution in [-0.2, 0) is 19.6 Å². The number of hydrogen-bond donors (Lipinski definition) is 1. The zero-order chi connectivity index (χ0) is 20.3. The van der Waals surface area contributed by atoms with Crippen molar-refractivity contribution in [3.05, 3.63) is 23.8 Å². The fourth-order valence-corrected chi connectivity index (χ4v) is 5.18. The number of aryl methyl sites for hydroxylation is 1. The van der Waals surface area contributed by atoms with Gasteiger partial charge in [-0.15, -0.1) is 0 Å². The summed E-state index contributed by atoms with van der Waals surface area (Å²) in [4.78, 5) is 15.0. The maximum Gasteiger partial charge on any atom is 0.243 e. The molecule has 1 heterocycles. The molecule has 8 heteroatoms. The molecule has 0 aromatic heterocycles. The number of benzene rings is 1. The average Bonchev–Trinajstić information content (AvgIpc) is 3.48.